The molecule has 1 saturated carbocycles. The lowest BCUT2D eigenvalue weighted by atomic mass is 10.2. The first-order chi connectivity index (χ1) is 12.8. The van der Waals surface area contributed by atoms with E-state index in [1.807, 2.05) is 24.5 Å². The Balaban J connectivity index is 1.42. The van der Waals surface area contributed by atoms with Crippen LogP contribution in [0.25, 0.3) is 0 Å². The number of ketones is 1. The Bertz CT molecular complexity index is 976. The molecule has 0 aromatic carbocycles. The van der Waals surface area contributed by atoms with Gasteiger partial charge in [0.25, 0.3) is 0 Å². The van der Waals surface area contributed by atoms with E-state index in [2.05, 4.69) is 15.5 Å². The van der Waals surface area contributed by atoms with E-state index in [0.29, 0.717) is 23.8 Å². The van der Waals surface area contributed by atoms with Crippen LogP contribution in [0.5, 0.6) is 0 Å². The van der Waals surface area contributed by atoms with E-state index < -0.39 is 9.84 Å². The van der Waals surface area contributed by atoms with Gasteiger partial charge in [-0.2, -0.15) is 0 Å². The normalized spacial score (nSPS) is 21.5. The topological polar surface area (TPSA) is 93.9 Å². The van der Waals surface area contributed by atoms with Crippen molar-refractivity contribution in [1.82, 2.24) is 14.8 Å². The Hall–Kier alpha value is -1.39. The number of Topliss-reactive ketones (excluding diaryl/α,β-unsaturated/α-hetero) is 1. The van der Waals surface area contributed by atoms with Crippen molar-refractivity contribution >= 4 is 43.9 Å². The van der Waals surface area contributed by atoms with Crippen molar-refractivity contribution in [3.63, 3.8) is 0 Å². The second-order valence-electron chi connectivity index (χ2n) is 7.22. The summed E-state index contributed by atoms with van der Waals surface area (Å²) in [5, 5.41) is 12.4. The number of nitrogens with zero attached hydrogens (tertiary/aromatic N) is 3. The van der Waals surface area contributed by atoms with Crippen LogP contribution in [0.4, 0.5) is 5.13 Å². The molecule has 3 heterocycles. The van der Waals surface area contributed by atoms with Crippen molar-refractivity contribution in [2.45, 2.75) is 49.5 Å². The SMILES string of the molecule is Cc1cc(C(=O)CSc2nnc(NC3CC3)s2)c(C)n1[C@H]1CCS(=O)(=O)C1. The van der Waals surface area contributed by atoms with Gasteiger partial charge in [-0.1, -0.05) is 23.1 Å². The lowest BCUT2D eigenvalue weighted by molar-refractivity contribution is 0.102. The van der Waals surface area contributed by atoms with E-state index in [0.717, 1.165) is 20.9 Å². The molecule has 0 amide bonds. The van der Waals surface area contributed by atoms with Crippen molar-refractivity contribution in [2.75, 3.05) is 22.6 Å². The van der Waals surface area contributed by atoms with Gasteiger partial charge < -0.3 is 9.88 Å². The summed E-state index contributed by atoms with van der Waals surface area (Å²) in [4.78, 5) is 12.7. The van der Waals surface area contributed by atoms with Gasteiger partial charge in [-0.05, 0) is 39.2 Å². The van der Waals surface area contributed by atoms with Crippen LogP contribution in [0.1, 0.15) is 47.1 Å². The van der Waals surface area contributed by atoms with E-state index in [-0.39, 0.29) is 23.3 Å². The zero-order valence-corrected chi connectivity index (χ0v) is 17.7. The first kappa shape index (κ1) is 18.9. The number of hydrogen-bond donors (Lipinski definition) is 1. The summed E-state index contributed by atoms with van der Waals surface area (Å²) in [5.41, 5.74) is 2.47. The molecule has 0 spiro atoms. The fourth-order valence-electron chi connectivity index (χ4n) is 3.53. The molecule has 1 N–H and O–H groups in total. The number of hydrogen-bond acceptors (Lipinski definition) is 8. The number of aryl methyl sites for hydroxylation is 1. The van der Waals surface area contributed by atoms with Crippen molar-refractivity contribution in [3.8, 4) is 0 Å². The van der Waals surface area contributed by atoms with E-state index in [1.54, 1.807) is 0 Å². The molecule has 10 heteroatoms. The predicted octanol–water partition coefficient (Wildman–Crippen LogP) is 2.87. The number of aromatic nitrogens is 3. The molecule has 1 saturated heterocycles. The lowest BCUT2D eigenvalue weighted by Crippen LogP contribution is -2.14. The molecule has 146 valence electrons. The van der Waals surface area contributed by atoms with Gasteiger partial charge in [0.2, 0.25) is 5.13 Å². The van der Waals surface area contributed by atoms with Crippen LogP contribution < -0.4 is 5.32 Å². The Kier molecular flexibility index (Phi) is 5.06. The van der Waals surface area contributed by atoms with Crippen LogP contribution >= 0.6 is 23.1 Å². The summed E-state index contributed by atoms with van der Waals surface area (Å²) < 4.78 is 26.4. The van der Waals surface area contributed by atoms with Gasteiger partial charge >= 0.3 is 0 Å². The molecule has 0 radical (unpaired) electrons. The molecule has 2 aromatic rings. The molecule has 0 unspecified atom stereocenters. The summed E-state index contributed by atoms with van der Waals surface area (Å²) in [6.07, 6.45) is 2.97. The van der Waals surface area contributed by atoms with Gasteiger partial charge in [-0.25, -0.2) is 8.42 Å². The third-order valence-corrected chi connectivity index (χ3v) is 8.73. The molecule has 1 aliphatic heterocycles. The predicted molar refractivity (Wildman–Crippen MR) is 108 cm³/mol. The van der Waals surface area contributed by atoms with Gasteiger partial charge in [0, 0.05) is 29.0 Å². The zero-order valence-electron chi connectivity index (χ0n) is 15.3. The standard InChI is InChI=1S/C17H22N4O3S3/c1-10-7-14(11(2)21(10)13-5-6-27(23,24)9-13)15(22)8-25-17-20-19-16(26-17)18-12-3-4-12/h7,12-13H,3-6,8-9H2,1-2H3,(H,18,19)/t13-/m0/s1. The highest BCUT2D eigenvalue weighted by Crippen LogP contribution is 2.32. The Morgan fingerprint density at radius 2 is 2.11 bits per heavy atom. The third-order valence-electron chi connectivity index (χ3n) is 5.00. The van der Waals surface area contributed by atoms with Crippen molar-refractivity contribution in [3.05, 3.63) is 23.0 Å². The maximum Gasteiger partial charge on any atom is 0.206 e. The number of carbonyl (C=O) groups is 1. The van der Waals surface area contributed by atoms with E-state index in [9.17, 15) is 13.2 Å². The number of carbonyl (C=O) groups excluding carboxylic acids is 1. The zero-order chi connectivity index (χ0) is 19.2. The Morgan fingerprint density at radius 1 is 1.33 bits per heavy atom. The minimum Gasteiger partial charge on any atom is -0.357 e. The molecule has 1 aliphatic carbocycles. The van der Waals surface area contributed by atoms with Crippen LogP contribution in [0.3, 0.4) is 0 Å². The van der Waals surface area contributed by atoms with Gasteiger partial charge in [-0.15, -0.1) is 10.2 Å². The average molecular weight is 427 g/mol. The van der Waals surface area contributed by atoms with Crippen LogP contribution in [0, 0.1) is 13.8 Å². The summed E-state index contributed by atoms with van der Waals surface area (Å²) in [6, 6.07) is 2.34. The average Bonchev–Trinajstić information content (AvgIpc) is 3.05. The molecule has 7 nitrogen and oxygen atoms in total. The fraction of sp³-hybridized carbons (Fsp3) is 0.588. The monoisotopic (exact) mass is 426 g/mol. The highest BCUT2D eigenvalue weighted by molar-refractivity contribution is 8.01. The van der Waals surface area contributed by atoms with Crippen LogP contribution in [-0.2, 0) is 9.84 Å². The number of sulfone groups is 1. The van der Waals surface area contributed by atoms with Crippen LogP contribution in [0.15, 0.2) is 10.4 Å². The number of anilines is 1. The molecular formula is C17H22N4O3S3. The molecule has 2 aliphatic rings. The van der Waals surface area contributed by atoms with Gasteiger partial charge in [0.05, 0.1) is 17.3 Å². The van der Waals surface area contributed by atoms with Crippen molar-refractivity contribution < 1.29 is 13.2 Å². The molecule has 2 fully saturated rings. The van der Waals surface area contributed by atoms with Crippen LogP contribution in [0.2, 0.25) is 0 Å². The second kappa shape index (κ2) is 7.21. The lowest BCUT2D eigenvalue weighted by Gasteiger charge is -2.16. The third kappa shape index (κ3) is 4.22. The summed E-state index contributed by atoms with van der Waals surface area (Å²) in [7, 11) is -2.97. The maximum absolute atomic E-state index is 12.7. The molecule has 1 atom stereocenters. The quantitative estimate of drug-likeness (QED) is 0.537. The van der Waals surface area contributed by atoms with Gasteiger partial charge in [0.1, 0.15) is 0 Å². The second-order valence-corrected chi connectivity index (χ2v) is 11.6. The minimum atomic E-state index is -2.97. The molecule has 2 aromatic heterocycles. The Labute approximate surface area is 166 Å². The first-order valence-electron chi connectivity index (χ1n) is 8.97. The van der Waals surface area contributed by atoms with E-state index in [1.165, 1.54) is 35.9 Å². The molecular weight excluding hydrogens is 404 g/mol. The molecule has 27 heavy (non-hydrogen) atoms. The Morgan fingerprint density at radius 3 is 2.78 bits per heavy atom. The van der Waals surface area contributed by atoms with Crippen LogP contribution in [-0.4, -0.2) is 52.3 Å². The minimum absolute atomic E-state index is 0.0344. The number of rotatable bonds is 7. The van der Waals surface area contributed by atoms with Gasteiger partial charge in [0.15, 0.2) is 20.0 Å². The summed E-state index contributed by atoms with van der Waals surface area (Å²) in [6.45, 7) is 3.83. The van der Waals surface area contributed by atoms with E-state index >= 15 is 0 Å². The maximum atomic E-state index is 12.7. The smallest absolute Gasteiger partial charge is 0.206 e. The van der Waals surface area contributed by atoms with Crippen molar-refractivity contribution in [2.24, 2.45) is 0 Å². The number of nitrogens with one attached hydrogen (secondary N) is 1. The molecule has 0 bridgehead atoms. The van der Waals surface area contributed by atoms with E-state index in [4.69, 9.17) is 0 Å². The molecule has 4 rings (SSSR count). The first-order valence-corrected chi connectivity index (χ1v) is 12.6. The summed E-state index contributed by atoms with van der Waals surface area (Å²) in [5.74, 6) is 0.716. The number of thioether (sulfide) groups is 1. The highest BCUT2D eigenvalue weighted by Gasteiger charge is 2.31. The largest absolute Gasteiger partial charge is 0.357 e. The van der Waals surface area contributed by atoms with Crippen molar-refractivity contribution in [1.29, 1.82) is 0 Å². The fourth-order valence-corrected chi connectivity index (χ4v) is 6.95. The summed E-state index contributed by atoms with van der Waals surface area (Å²) >= 11 is 2.87. The van der Waals surface area contributed by atoms with Gasteiger partial charge in [-0.3, -0.25) is 4.79 Å². The highest BCUT2D eigenvalue weighted by atomic mass is 32.2.